The lowest BCUT2D eigenvalue weighted by Crippen LogP contribution is -2.17. The van der Waals surface area contributed by atoms with E-state index in [1.54, 1.807) is 7.05 Å². The van der Waals surface area contributed by atoms with Crippen LogP contribution in [0.4, 0.5) is 0 Å². The zero-order valence-electron chi connectivity index (χ0n) is 13.5. The molecule has 0 fully saturated rings. The van der Waals surface area contributed by atoms with Crippen LogP contribution in [0.2, 0.25) is 5.02 Å². The van der Waals surface area contributed by atoms with E-state index in [1.165, 1.54) is 27.8 Å². The largest absolute Gasteiger partial charge is 0.359 e. The SMILES string of the molecule is CNC(=O)CC1=C(CCc2ccc(Cl)cc2)Cc2cc(Br)ccc21. The lowest BCUT2D eigenvalue weighted by molar-refractivity contribution is -0.119. The fourth-order valence-corrected chi connectivity index (χ4v) is 3.72. The zero-order chi connectivity index (χ0) is 17.1. The summed E-state index contributed by atoms with van der Waals surface area (Å²) in [5.41, 5.74) is 6.33. The fourth-order valence-electron chi connectivity index (χ4n) is 3.18. The Morgan fingerprint density at radius 1 is 1.17 bits per heavy atom. The van der Waals surface area contributed by atoms with Crippen molar-refractivity contribution >= 4 is 39.0 Å². The summed E-state index contributed by atoms with van der Waals surface area (Å²) in [5.74, 6) is 0.0600. The molecule has 0 heterocycles. The molecule has 24 heavy (non-hydrogen) atoms. The van der Waals surface area contributed by atoms with Gasteiger partial charge < -0.3 is 5.32 Å². The molecule has 0 spiro atoms. The summed E-state index contributed by atoms with van der Waals surface area (Å²) in [6, 6.07) is 14.3. The van der Waals surface area contributed by atoms with Crippen molar-refractivity contribution in [3.63, 3.8) is 0 Å². The maximum atomic E-state index is 11.9. The van der Waals surface area contributed by atoms with E-state index in [4.69, 9.17) is 11.6 Å². The third-order valence-corrected chi connectivity index (χ3v) is 5.21. The van der Waals surface area contributed by atoms with Crippen molar-refractivity contribution in [1.82, 2.24) is 5.32 Å². The summed E-state index contributed by atoms with van der Waals surface area (Å²) in [6.45, 7) is 0. The lowest BCUT2D eigenvalue weighted by atomic mass is 9.98. The van der Waals surface area contributed by atoms with E-state index in [2.05, 4.69) is 45.5 Å². The van der Waals surface area contributed by atoms with Crippen LogP contribution in [0.5, 0.6) is 0 Å². The Kier molecular flexibility index (Phi) is 5.42. The number of benzene rings is 2. The Balaban J connectivity index is 1.83. The number of rotatable bonds is 5. The van der Waals surface area contributed by atoms with Crippen molar-refractivity contribution in [2.24, 2.45) is 0 Å². The first-order valence-corrected chi connectivity index (χ1v) is 9.18. The summed E-state index contributed by atoms with van der Waals surface area (Å²) in [4.78, 5) is 11.9. The number of hydrogen-bond donors (Lipinski definition) is 1. The van der Waals surface area contributed by atoms with Gasteiger partial charge in [0.2, 0.25) is 5.91 Å². The van der Waals surface area contributed by atoms with Gasteiger partial charge in [0.15, 0.2) is 0 Å². The lowest BCUT2D eigenvalue weighted by Gasteiger charge is -2.09. The second kappa shape index (κ2) is 7.54. The van der Waals surface area contributed by atoms with Crippen molar-refractivity contribution in [3.05, 3.63) is 74.2 Å². The quantitative estimate of drug-likeness (QED) is 0.731. The third kappa shape index (κ3) is 3.90. The average Bonchev–Trinajstić information content (AvgIpc) is 2.91. The molecule has 1 N–H and O–H groups in total. The zero-order valence-corrected chi connectivity index (χ0v) is 15.9. The molecule has 1 aliphatic carbocycles. The molecule has 1 amide bonds. The van der Waals surface area contributed by atoms with Gasteiger partial charge in [0, 0.05) is 16.5 Å². The van der Waals surface area contributed by atoms with Crippen molar-refractivity contribution < 1.29 is 4.79 Å². The molecule has 0 unspecified atom stereocenters. The summed E-state index contributed by atoms with van der Waals surface area (Å²) < 4.78 is 1.08. The van der Waals surface area contributed by atoms with E-state index in [0.29, 0.717) is 6.42 Å². The number of amides is 1. The maximum Gasteiger partial charge on any atom is 0.224 e. The van der Waals surface area contributed by atoms with Gasteiger partial charge in [-0.05, 0) is 65.8 Å². The number of aryl methyl sites for hydroxylation is 1. The highest BCUT2D eigenvalue weighted by atomic mass is 79.9. The minimum Gasteiger partial charge on any atom is -0.359 e. The van der Waals surface area contributed by atoms with E-state index in [-0.39, 0.29) is 5.91 Å². The monoisotopic (exact) mass is 403 g/mol. The standard InChI is InChI=1S/C20H19BrClNO/c1-23-20(24)12-19-14(5-2-13-3-7-17(22)8-4-13)10-15-11-16(21)6-9-18(15)19/h3-4,6-9,11H,2,5,10,12H2,1H3,(H,23,24). The molecule has 124 valence electrons. The number of halogens is 2. The molecular formula is C20H19BrClNO. The van der Waals surface area contributed by atoms with Gasteiger partial charge in [-0.2, -0.15) is 0 Å². The molecule has 0 atom stereocenters. The molecule has 1 aliphatic rings. The number of allylic oxidation sites excluding steroid dienone is 1. The van der Waals surface area contributed by atoms with Crippen LogP contribution in [-0.4, -0.2) is 13.0 Å². The molecule has 0 bridgehead atoms. The highest BCUT2D eigenvalue weighted by Gasteiger charge is 2.23. The van der Waals surface area contributed by atoms with E-state index in [1.807, 2.05) is 18.2 Å². The molecule has 0 aliphatic heterocycles. The first kappa shape index (κ1) is 17.2. The Labute approximate surface area is 156 Å². The highest BCUT2D eigenvalue weighted by Crippen LogP contribution is 2.38. The maximum absolute atomic E-state index is 11.9. The Bertz CT molecular complexity index is 796. The number of carbonyl (C=O) groups is 1. The van der Waals surface area contributed by atoms with E-state index >= 15 is 0 Å². The van der Waals surface area contributed by atoms with Gasteiger partial charge in [-0.15, -0.1) is 0 Å². The van der Waals surface area contributed by atoms with Crippen LogP contribution in [0.1, 0.15) is 29.5 Å². The second-order valence-electron chi connectivity index (χ2n) is 6.04. The predicted octanol–water partition coefficient (Wildman–Crippen LogP) is 5.18. The topological polar surface area (TPSA) is 29.1 Å². The average molecular weight is 405 g/mol. The van der Waals surface area contributed by atoms with Crippen LogP contribution in [-0.2, 0) is 17.6 Å². The van der Waals surface area contributed by atoms with E-state index in [0.717, 1.165) is 28.8 Å². The van der Waals surface area contributed by atoms with Crippen molar-refractivity contribution in [1.29, 1.82) is 0 Å². The Morgan fingerprint density at radius 3 is 2.62 bits per heavy atom. The summed E-state index contributed by atoms with van der Waals surface area (Å²) in [7, 11) is 1.69. The minimum absolute atomic E-state index is 0.0600. The van der Waals surface area contributed by atoms with Crippen LogP contribution in [0.3, 0.4) is 0 Å². The van der Waals surface area contributed by atoms with Gasteiger partial charge in [-0.25, -0.2) is 0 Å². The Morgan fingerprint density at radius 2 is 1.92 bits per heavy atom. The van der Waals surface area contributed by atoms with Crippen LogP contribution < -0.4 is 5.32 Å². The molecule has 3 rings (SSSR count). The second-order valence-corrected chi connectivity index (χ2v) is 7.39. The van der Waals surface area contributed by atoms with E-state index in [9.17, 15) is 4.79 Å². The highest BCUT2D eigenvalue weighted by molar-refractivity contribution is 9.10. The first-order chi connectivity index (χ1) is 11.6. The van der Waals surface area contributed by atoms with Gasteiger partial charge in [0.05, 0.1) is 6.42 Å². The fraction of sp³-hybridized carbons (Fsp3) is 0.250. The molecule has 0 radical (unpaired) electrons. The van der Waals surface area contributed by atoms with Crippen LogP contribution in [0.25, 0.3) is 5.57 Å². The first-order valence-electron chi connectivity index (χ1n) is 8.01. The molecule has 4 heteroatoms. The third-order valence-electron chi connectivity index (χ3n) is 4.47. The molecule has 0 saturated carbocycles. The minimum atomic E-state index is 0.0600. The van der Waals surface area contributed by atoms with Crippen LogP contribution in [0, 0.1) is 0 Å². The normalized spacial score (nSPS) is 13.1. The van der Waals surface area contributed by atoms with Gasteiger partial charge in [-0.3, -0.25) is 4.79 Å². The summed E-state index contributed by atoms with van der Waals surface area (Å²) in [6.07, 6.45) is 3.29. The summed E-state index contributed by atoms with van der Waals surface area (Å²) in [5, 5.41) is 3.50. The molecule has 2 aromatic carbocycles. The molecule has 0 aromatic heterocycles. The molecule has 0 saturated heterocycles. The summed E-state index contributed by atoms with van der Waals surface area (Å²) >= 11 is 9.49. The molecule has 2 aromatic rings. The van der Waals surface area contributed by atoms with E-state index < -0.39 is 0 Å². The van der Waals surface area contributed by atoms with Gasteiger partial charge in [-0.1, -0.05) is 51.3 Å². The molecule has 2 nitrogen and oxygen atoms in total. The number of hydrogen-bond acceptors (Lipinski definition) is 1. The number of nitrogens with one attached hydrogen (secondary N) is 1. The number of fused-ring (bicyclic) bond motifs is 1. The molecular weight excluding hydrogens is 386 g/mol. The Hall–Kier alpha value is -1.58. The predicted molar refractivity (Wildman–Crippen MR) is 103 cm³/mol. The van der Waals surface area contributed by atoms with Crippen molar-refractivity contribution in [2.75, 3.05) is 7.05 Å². The van der Waals surface area contributed by atoms with Crippen LogP contribution in [0.15, 0.2) is 52.5 Å². The van der Waals surface area contributed by atoms with Crippen molar-refractivity contribution in [2.45, 2.75) is 25.7 Å². The van der Waals surface area contributed by atoms with Gasteiger partial charge in [0.25, 0.3) is 0 Å². The van der Waals surface area contributed by atoms with Crippen molar-refractivity contribution in [3.8, 4) is 0 Å². The number of carbonyl (C=O) groups excluding carboxylic acids is 1. The smallest absolute Gasteiger partial charge is 0.224 e. The van der Waals surface area contributed by atoms with Gasteiger partial charge >= 0.3 is 0 Å². The van der Waals surface area contributed by atoms with Gasteiger partial charge in [0.1, 0.15) is 0 Å². The van der Waals surface area contributed by atoms with Crippen LogP contribution >= 0.6 is 27.5 Å².